The molecule has 1 saturated heterocycles. The number of hydrogen-bond donors (Lipinski definition) is 1. The molecule has 0 aliphatic carbocycles. The highest BCUT2D eigenvalue weighted by atomic mass is 32.2. The molecule has 184 valence electrons. The summed E-state index contributed by atoms with van der Waals surface area (Å²) in [6, 6.07) is 11.1. The minimum absolute atomic E-state index is 0.0214. The van der Waals surface area contributed by atoms with Gasteiger partial charge in [-0.25, -0.2) is 13.2 Å². The molecule has 10 heteroatoms. The van der Waals surface area contributed by atoms with E-state index in [0.717, 1.165) is 12.8 Å². The number of ether oxygens (including phenoxy) is 3. The van der Waals surface area contributed by atoms with E-state index in [2.05, 4.69) is 5.32 Å². The lowest BCUT2D eigenvalue weighted by Crippen LogP contribution is -2.40. The number of carbonyl (C=O) groups is 2. The molecule has 1 N–H and O–H groups in total. The summed E-state index contributed by atoms with van der Waals surface area (Å²) in [4.78, 5) is 24.6. The van der Waals surface area contributed by atoms with Crippen molar-refractivity contribution in [2.45, 2.75) is 31.1 Å². The third-order valence-corrected chi connectivity index (χ3v) is 7.24. The first kappa shape index (κ1) is 25.7. The molecule has 3 rings (SSSR count). The van der Waals surface area contributed by atoms with Crippen LogP contribution in [0.3, 0.4) is 0 Å². The lowest BCUT2D eigenvalue weighted by molar-refractivity contribution is -0.115. The van der Waals surface area contributed by atoms with Gasteiger partial charge in [0, 0.05) is 18.8 Å². The van der Waals surface area contributed by atoms with Gasteiger partial charge in [0.25, 0.3) is 0 Å². The molecule has 0 saturated carbocycles. The molecule has 0 unspecified atom stereocenters. The van der Waals surface area contributed by atoms with E-state index in [1.165, 1.54) is 17.5 Å². The number of methoxy groups -OCH3 is 1. The van der Waals surface area contributed by atoms with Gasteiger partial charge >= 0.3 is 5.97 Å². The van der Waals surface area contributed by atoms with E-state index >= 15 is 0 Å². The Morgan fingerprint density at radius 2 is 1.79 bits per heavy atom. The minimum atomic E-state index is -3.79. The van der Waals surface area contributed by atoms with E-state index in [9.17, 15) is 18.0 Å². The van der Waals surface area contributed by atoms with Crippen LogP contribution in [0.4, 0.5) is 5.69 Å². The first-order valence-electron chi connectivity index (χ1n) is 11.2. The molecule has 0 radical (unpaired) electrons. The molecule has 1 fully saturated rings. The SMILES string of the molecule is CCCCOC(=O)c1ccc(NC(=O)Cc2ccc(OC)c(S(=O)(=O)N3CCOCC3)c2)cc1. The molecule has 1 heterocycles. The van der Waals surface area contributed by atoms with Crippen LogP contribution >= 0.6 is 0 Å². The fourth-order valence-corrected chi connectivity index (χ4v) is 5.05. The van der Waals surface area contributed by atoms with Crippen molar-refractivity contribution in [3.8, 4) is 5.75 Å². The maximum atomic E-state index is 13.1. The van der Waals surface area contributed by atoms with Crippen LogP contribution in [0.15, 0.2) is 47.4 Å². The number of sulfonamides is 1. The smallest absolute Gasteiger partial charge is 0.338 e. The average Bonchev–Trinajstić information content (AvgIpc) is 2.85. The fourth-order valence-electron chi connectivity index (χ4n) is 3.43. The summed E-state index contributed by atoms with van der Waals surface area (Å²) < 4.78 is 43.3. The summed E-state index contributed by atoms with van der Waals surface area (Å²) >= 11 is 0. The molecular formula is C24H30N2O7S. The Balaban J connectivity index is 1.67. The number of benzene rings is 2. The van der Waals surface area contributed by atoms with Crippen molar-refractivity contribution in [1.29, 1.82) is 0 Å². The van der Waals surface area contributed by atoms with Crippen LogP contribution in [-0.4, -0.2) is 64.6 Å². The van der Waals surface area contributed by atoms with Crippen LogP contribution in [-0.2, 0) is 30.7 Å². The van der Waals surface area contributed by atoms with Gasteiger partial charge in [0.2, 0.25) is 15.9 Å². The van der Waals surface area contributed by atoms with Crippen molar-refractivity contribution < 1.29 is 32.2 Å². The Hall–Kier alpha value is -2.95. The van der Waals surface area contributed by atoms with Gasteiger partial charge in [-0.05, 0) is 48.4 Å². The van der Waals surface area contributed by atoms with Gasteiger partial charge in [0.05, 0.1) is 38.9 Å². The van der Waals surface area contributed by atoms with Crippen molar-refractivity contribution in [1.82, 2.24) is 4.31 Å². The number of nitrogens with one attached hydrogen (secondary N) is 1. The van der Waals surface area contributed by atoms with Crippen LogP contribution in [0.2, 0.25) is 0 Å². The highest BCUT2D eigenvalue weighted by Gasteiger charge is 2.29. The summed E-state index contributed by atoms with van der Waals surface area (Å²) in [6.45, 7) is 3.58. The van der Waals surface area contributed by atoms with Crippen LogP contribution < -0.4 is 10.1 Å². The Morgan fingerprint density at radius 1 is 1.09 bits per heavy atom. The number of unbranched alkanes of at least 4 members (excludes halogenated alkanes) is 1. The second-order valence-corrected chi connectivity index (χ2v) is 9.70. The molecule has 0 aromatic heterocycles. The number of nitrogens with zero attached hydrogens (tertiary/aromatic N) is 1. The van der Waals surface area contributed by atoms with E-state index in [1.807, 2.05) is 6.92 Å². The normalized spacial score (nSPS) is 14.4. The second-order valence-electron chi connectivity index (χ2n) is 7.79. The summed E-state index contributed by atoms with van der Waals surface area (Å²) in [5, 5.41) is 2.76. The zero-order chi connectivity index (χ0) is 24.6. The average molecular weight is 491 g/mol. The highest BCUT2D eigenvalue weighted by Crippen LogP contribution is 2.28. The second kappa shape index (κ2) is 12.0. The number of amides is 1. The van der Waals surface area contributed by atoms with Gasteiger partial charge in [-0.2, -0.15) is 4.31 Å². The van der Waals surface area contributed by atoms with E-state index in [1.54, 1.807) is 36.4 Å². The maximum Gasteiger partial charge on any atom is 0.338 e. The van der Waals surface area contributed by atoms with Crippen molar-refractivity contribution in [3.63, 3.8) is 0 Å². The van der Waals surface area contributed by atoms with Crippen molar-refractivity contribution in [2.24, 2.45) is 0 Å². The van der Waals surface area contributed by atoms with Crippen LogP contribution in [0.1, 0.15) is 35.7 Å². The van der Waals surface area contributed by atoms with Gasteiger partial charge in [-0.1, -0.05) is 19.4 Å². The molecule has 2 aromatic carbocycles. The first-order valence-corrected chi connectivity index (χ1v) is 12.6. The van der Waals surface area contributed by atoms with Gasteiger partial charge in [0.15, 0.2) is 0 Å². The van der Waals surface area contributed by atoms with Crippen molar-refractivity contribution >= 4 is 27.6 Å². The predicted octanol–water partition coefficient (Wildman–Crippen LogP) is 2.85. The summed E-state index contributed by atoms with van der Waals surface area (Å²) in [6.07, 6.45) is 1.71. The fraction of sp³-hybridized carbons (Fsp3) is 0.417. The predicted molar refractivity (Wildman–Crippen MR) is 127 cm³/mol. The van der Waals surface area contributed by atoms with E-state index in [0.29, 0.717) is 36.6 Å². The number of hydrogen-bond acceptors (Lipinski definition) is 7. The molecule has 1 amide bonds. The summed E-state index contributed by atoms with van der Waals surface area (Å²) in [5.41, 5.74) is 1.45. The first-order chi connectivity index (χ1) is 16.3. The largest absolute Gasteiger partial charge is 0.495 e. The minimum Gasteiger partial charge on any atom is -0.495 e. The molecule has 0 bridgehead atoms. The van der Waals surface area contributed by atoms with Crippen LogP contribution in [0.5, 0.6) is 5.75 Å². The lowest BCUT2D eigenvalue weighted by Gasteiger charge is -2.26. The molecule has 1 aliphatic rings. The quantitative estimate of drug-likeness (QED) is 0.403. The van der Waals surface area contributed by atoms with Crippen LogP contribution in [0.25, 0.3) is 0 Å². The topological polar surface area (TPSA) is 111 Å². The Kier molecular flexibility index (Phi) is 9.03. The van der Waals surface area contributed by atoms with Crippen LogP contribution in [0, 0.1) is 0 Å². The van der Waals surface area contributed by atoms with E-state index < -0.39 is 16.0 Å². The third-order valence-electron chi connectivity index (χ3n) is 5.32. The Labute approximate surface area is 200 Å². The van der Waals surface area contributed by atoms with Gasteiger partial charge in [0.1, 0.15) is 10.6 Å². The highest BCUT2D eigenvalue weighted by molar-refractivity contribution is 7.89. The number of anilines is 1. The van der Waals surface area contributed by atoms with Gasteiger partial charge in [-0.15, -0.1) is 0 Å². The number of esters is 1. The number of rotatable bonds is 10. The van der Waals surface area contributed by atoms with Crippen molar-refractivity contribution in [3.05, 3.63) is 53.6 Å². The number of carbonyl (C=O) groups excluding carboxylic acids is 2. The molecule has 34 heavy (non-hydrogen) atoms. The van der Waals surface area contributed by atoms with Gasteiger partial charge in [-0.3, -0.25) is 4.79 Å². The van der Waals surface area contributed by atoms with Crippen molar-refractivity contribution in [2.75, 3.05) is 45.3 Å². The molecular weight excluding hydrogens is 460 g/mol. The Bertz CT molecular complexity index is 1090. The molecule has 1 aliphatic heterocycles. The molecule has 9 nitrogen and oxygen atoms in total. The summed E-state index contributed by atoms with van der Waals surface area (Å²) in [7, 11) is -2.38. The Morgan fingerprint density at radius 3 is 2.44 bits per heavy atom. The zero-order valence-electron chi connectivity index (χ0n) is 19.4. The molecule has 2 aromatic rings. The van der Waals surface area contributed by atoms with E-state index in [4.69, 9.17) is 14.2 Å². The van der Waals surface area contributed by atoms with Gasteiger partial charge < -0.3 is 19.5 Å². The number of morpholine rings is 1. The lowest BCUT2D eigenvalue weighted by atomic mass is 10.1. The zero-order valence-corrected chi connectivity index (χ0v) is 20.2. The maximum absolute atomic E-state index is 13.1. The van der Waals surface area contributed by atoms with E-state index in [-0.39, 0.29) is 36.1 Å². The standard InChI is InChI=1S/C24H30N2O7S/c1-3-4-13-33-24(28)19-6-8-20(9-7-19)25-23(27)17-18-5-10-21(31-2)22(16-18)34(29,30)26-11-14-32-15-12-26/h5-10,16H,3-4,11-15,17H2,1-2H3,(H,25,27). The monoisotopic (exact) mass is 490 g/mol. The molecule has 0 atom stereocenters. The molecule has 0 spiro atoms. The third kappa shape index (κ3) is 6.55. The summed E-state index contributed by atoms with van der Waals surface area (Å²) in [5.74, 6) is -0.506.